The molecule has 0 radical (unpaired) electrons. The summed E-state index contributed by atoms with van der Waals surface area (Å²) in [6.07, 6.45) is 1.86. The van der Waals surface area contributed by atoms with Crippen molar-refractivity contribution >= 4 is 23.0 Å². The first-order valence-corrected chi connectivity index (χ1v) is 7.49. The molecule has 2 N–H and O–H groups in total. The van der Waals surface area contributed by atoms with Gasteiger partial charge in [0, 0.05) is 5.71 Å². The van der Waals surface area contributed by atoms with Crippen LogP contribution in [0.15, 0.2) is 5.10 Å². The Balaban J connectivity index is 1.55. The molecule has 0 amide bonds. The van der Waals surface area contributed by atoms with Crippen molar-refractivity contribution in [3.8, 4) is 0 Å². The summed E-state index contributed by atoms with van der Waals surface area (Å²) in [6, 6.07) is 0. The fourth-order valence-corrected chi connectivity index (χ4v) is 4.30. The molecule has 7 heteroatoms. The van der Waals surface area contributed by atoms with Crippen molar-refractivity contribution in [3.05, 3.63) is 0 Å². The van der Waals surface area contributed by atoms with Gasteiger partial charge in [-0.25, -0.2) is 0 Å². The molecule has 4 aliphatic carbocycles. The molecule has 4 rings (SSSR count). The van der Waals surface area contributed by atoms with Gasteiger partial charge in [0.05, 0.1) is 0 Å². The average Bonchev–Trinajstić information content (AvgIpc) is 2.34. The maximum atomic E-state index is 12.1. The third-order valence-electron chi connectivity index (χ3n) is 4.71. The zero-order valence-electron chi connectivity index (χ0n) is 11.0. The molecule has 4 fully saturated rings. The Bertz CT molecular complexity index is 403. The van der Waals surface area contributed by atoms with Crippen molar-refractivity contribution in [2.75, 3.05) is 6.54 Å². The van der Waals surface area contributed by atoms with E-state index in [0.29, 0.717) is 11.8 Å². The number of alkyl halides is 3. The standard InChI is InChI=1S/C13H18F3N3S/c14-13(15,16)6-17-12(20)19-18-11-9-2-7-1-8(4-9)5-10(11)3-7/h7-10H,1-6H2,(H2,17,19,20). The molecule has 0 saturated heterocycles. The number of rotatable bonds is 2. The number of thiocarbonyl (C=S) groups is 1. The number of halogens is 3. The Labute approximate surface area is 121 Å². The van der Waals surface area contributed by atoms with Gasteiger partial charge in [-0.2, -0.15) is 18.3 Å². The van der Waals surface area contributed by atoms with E-state index >= 15 is 0 Å². The van der Waals surface area contributed by atoms with Crippen molar-refractivity contribution in [1.29, 1.82) is 0 Å². The first-order chi connectivity index (χ1) is 9.40. The fraction of sp³-hybridized carbons (Fsp3) is 0.846. The summed E-state index contributed by atoms with van der Waals surface area (Å²) in [5.74, 6) is 2.71. The van der Waals surface area contributed by atoms with E-state index in [1.54, 1.807) is 0 Å². The van der Waals surface area contributed by atoms with Crippen molar-refractivity contribution in [2.45, 2.75) is 38.3 Å². The van der Waals surface area contributed by atoms with Gasteiger partial charge in [-0.05, 0) is 68.0 Å². The molecule has 4 aliphatic rings. The van der Waals surface area contributed by atoms with E-state index < -0.39 is 12.7 Å². The van der Waals surface area contributed by atoms with Crippen molar-refractivity contribution in [1.82, 2.24) is 10.7 Å². The molecule has 112 valence electrons. The molecule has 20 heavy (non-hydrogen) atoms. The first-order valence-electron chi connectivity index (χ1n) is 7.09. The molecule has 0 unspecified atom stereocenters. The van der Waals surface area contributed by atoms with Gasteiger partial charge in [0.2, 0.25) is 0 Å². The molecule has 0 aromatic rings. The Hall–Kier alpha value is -0.850. The zero-order valence-corrected chi connectivity index (χ0v) is 11.9. The third-order valence-corrected chi connectivity index (χ3v) is 4.95. The Kier molecular flexibility index (Phi) is 3.64. The molecular weight excluding hydrogens is 287 g/mol. The van der Waals surface area contributed by atoms with Crippen LogP contribution in [-0.4, -0.2) is 23.5 Å². The lowest BCUT2D eigenvalue weighted by molar-refractivity contribution is -0.122. The van der Waals surface area contributed by atoms with E-state index in [0.717, 1.165) is 17.5 Å². The highest BCUT2D eigenvalue weighted by Gasteiger charge is 2.46. The van der Waals surface area contributed by atoms with Gasteiger partial charge in [0.15, 0.2) is 5.11 Å². The SMILES string of the molecule is FC(F)(F)CNC(=S)NN=C1C2CC3CC(C2)CC1C3. The summed E-state index contributed by atoms with van der Waals surface area (Å²) in [7, 11) is 0. The minimum absolute atomic E-state index is 0.0522. The summed E-state index contributed by atoms with van der Waals surface area (Å²) in [5, 5.41) is 6.40. The quantitative estimate of drug-likeness (QED) is 0.608. The molecule has 0 atom stereocenters. The van der Waals surface area contributed by atoms with Crippen LogP contribution in [0.25, 0.3) is 0 Å². The monoisotopic (exact) mass is 305 g/mol. The summed E-state index contributed by atoms with van der Waals surface area (Å²) < 4.78 is 36.2. The number of hydrogen-bond donors (Lipinski definition) is 2. The van der Waals surface area contributed by atoms with Crippen LogP contribution in [0, 0.1) is 23.7 Å². The summed E-state index contributed by atoms with van der Waals surface area (Å²) >= 11 is 4.82. The van der Waals surface area contributed by atoms with E-state index in [1.807, 2.05) is 0 Å². The summed E-state index contributed by atoms with van der Waals surface area (Å²) in [5.41, 5.74) is 3.72. The number of nitrogens with zero attached hydrogens (tertiary/aromatic N) is 1. The summed E-state index contributed by atoms with van der Waals surface area (Å²) in [4.78, 5) is 0. The lowest BCUT2D eigenvalue weighted by Gasteiger charge is -2.50. The molecule has 0 spiro atoms. The number of nitrogens with one attached hydrogen (secondary N) is 2. The van der Waals surface area contributed by atoms with Crippen LogP contribution >= 0.6 is 12.2 Å². The second-order valence-corrected chi connectivity index (χ2v) is 6.66. The fourth-order valence-electron chi connectivity index (χ4n) is 4.18. The zero-order chi connectivity index (χ0) is 14.3. The van der Waals surface area contributed by atoms with E-state index in [9.17, 15) is 13.2 Å². The lowest BCUT2D eigenvalue weighted by atomic mass is 9.55. The molecule has 0 aliphatic heterocycles. The largest absolute Gasteiger partial charge is 0.405 e. The van der Waals surface area contributed by atoms with Crippen molar-refractivity contribution in [2.24, 2.45) is 28.8 Å². The Morgan fingerprint density at radius 2 is 1.65 bits per heavy atom. The Morgan fingerprint density at radius 3 is 2.15 bits per heavy atom. The highest BCUT2D eigenvalue weighted by molar-refractivity contribution is 7.80. The van der Waals surface area contributed by atoms with Gasteiger partial charge < -0.3 is 5.32 Å². The van der Waals surface area contributed by atoms with Crippen molar-refractivity contribution in [3.63, 3.8) is 0 Å². The third kappa shape index (κ3) is 3.07. The van der Waals surface area contributed by atoms with Crippen LogP contribution in [0.1, 0.15) is 32.1 Å². The van der Waals surface area contributed by atoms with Gasteiger partial charge in [0.25, 0.3) is 0 Å². The van der Waals surface area contributed by atoms with E-state index in [2.05, 4.69) is 15.8 Å². The van der Waals surface area contributed by atoms with E-state index in [-0.39, 0.29) is 5.11 Å². The molecule has 0 aromatic carbocycles. The molecule has 0 aromatic heterocycles. The minimum atomic E-state index is -4.26. The normalized spacial score (nSPS) is 35.0. The average molecular weight is 305 g/mol. The predicted octanol–water partition coefficient (Wildman–Crippen LogP) is 2.82. The molecule has 0 heterocycles. The van der Waals surface area contributed by atoms with Crippen molar-refractivity contribution < 1.29 is 13.2 Å². The maximum absolute atomic E-state index is 12.1. The molecule has 3 nitrogen and oxygen atoms in total. The highest BCUT2D eigenvalue weighted by atomic mass is 32.1. The van der Waals surface area contributed by atoms with Crippen LogP contribution in [0.2, 0.25) is 0 Å². The van der Waals surface area contributed by atoms with Gasteiger partial charge in [-0.3, -0.25) is 5.43 Å². The molecule has 4 saturated carbocycles. The molecular formula is C13H18F3N3S. The molecule has 4 bridgehead atoms. The van der Waals surface area contributed by atoms with Crippen LogP contribution < -0.4 is 10.7 Å². The lowest BCUT2D eigenvalue weighted by Crippen LogP contribution is -2.47. The van der Waals surface area contributed by atoms with Gasteiger partial charge in [-0.1, -0.05) is 0 Å². The first kappa shape index (κ1) is 14.1. The summed E-state index contributed by atoms with van der Waals surface area (Å²) in [6.45, 7) is -1.12. The maximum Gasteiger partial charge on any atom is 0.405 e. The predicted molar refractivity (Wildman–Crippen MR) is 74.3 cm³/mol. The topological polar surface area (TPSA) is 36.4 Å². The van der Waals surface area contributed by atoms with Crippen LogP contribution in [0.5, 0.6) is 0 Å². The second kappa shape index (κ2) is 5.16. The van der Waals surface area contributed by atoms with E-state index in [4.69, 9.17) is 12.2 Å². The van der Waals surface area contributed by atoms with E-state index in [1.165, 1.54) is 32.1 Å². The highest BCUT2D eigenvalue weighted by Crippen LogP contribution is 2.52. The Morgan fingerprint density at radius 1 is 1.10 bits per heavy atom. The second-order valence-electron chi connectivity index (χ2n) is 6.25. The number of hydrazone groups is 1. The van der Waals surface area contributed by atoms with Crippen LogP contribution in [-0.2, 0) is 0 Å². The smallest absolute Gasteiger partial charge is 0.352 e. The van der Waals surface area contributed by atoms with Gasteiger partial charge in [-0.15, -0.1) is 0 Å². The van der Waals surface area contributed by atoms with Gasteiger partial charge >= 0.3 is 6.18 Å². The van der Waals surface area contributed by atoms with Crippen LogP contribution in [0.3, 0.4) is 0 Å². The minimum Gasteiger partial charge on any atom is -0.352 e. The number of hydrogen-bond acceptors (Lipinski definition) is 2. The van der Waals surface area contributed by atoms with Crippen LogP contribution in [0.4, 0.5) is 13.2 Å². The van der Waals surface area contributed by atoms with Gasteiger partial charge in [0.1, 0.15) is 6.54 Å².